The van der Waals surface area contributed by atoms with E-state index < -0.39 is 12.0 Å². The van der Waals surface area contributed by atoms with Gasteiger partial charge in [-0.05, 0) is 13.0 Å². The summed E-state index contributed by atoms with van der Waals surface area (Å²) in [5, 5.41) is 0. The Labute approximate surface area is 106 Å². The fourth-order valence-electron chi connectivity index (χ4n) is 1.53. The number of aromatic nitrogens is 2. The molecular formula is C12H17N3O3. The number of allylic oxidation sites excluding steroid dienone is 1. The van der Waals surface area contributed by atoms with Gasteiger partial charge in [0.2, 0.25) is 5.91 Å². The number of amides is 1. The van der Waals surface area contributed by atoms with Gasteiger partial charge in [-0.3, -0.25) is 4.79 Å². The van der Waals surface area contributed by atoms with Gasteiger partial charge in [-0.15, -0.1) is 0 Å². The lowest BCUT2D eigenvalue weighted by Crippen LogP contribution is -2.43. The van der Waals surface area contributed by atoms with Gasteiger partial charge in [0.05, 0.1) is 13.4 Å². The van der Waals surface area contributed by atoms with E-state index in [2.05, 4.69) is 9.97 Å². The van der Waals surface area contributed by atoms with Crippen molar-refractivity contribution in [2.75, 3.05) is 14.2 Å². The molecule has 0 aromatic carbocycles. The highest BCUT2D eigenvalue weighted by molar-refractivity contribution is 5.91. The maximum atomic E-state index is 11.7. The maximum Gasteiger partial charge on any atom is 0.328 e. The number of methoxy groups -OCH3 is 1. The van der Waals surface area contributed by atoms with E-state index in [9.17, 15) is 9.59 Å². The van der Waals surface area contributed by atoms with Gasteiger partial charge in [0.15, 0.2) is 0 Å². The highest BCUT2D eigenvalue weighted by atomic mass is 16.5. The van der Waals surface area contributed by atoms with E-state index in [0.717, 1.165) is 5.69 Å². The number of esters is 1. The van der Waals surface area contributed by atoms with Crippen LogP contribution in [-0.2, 0) is 20.7 Å². The summed E-state index contributed by atoms with van der Waals surface area (Å²) in [5.74, 6) is -0.697. The lowest BCUT2D eigenvalue weighted by molar-refractivity contribution is -0.150. The van der Waals surface area contributed by atoms with Crippen molar-refractivity contribution in [2.24, 2.45) is 0 Å². The number of rotatable bonds is 5. The van der Waals surface area contributed by atoms with Crippen molar-refractivity contribution in [1.82, 2.24) is 14.9 Å². The largest absolute Gasteiger partial charge is 0.467 e. The molecule has 0 aliphatic rings. The Bertz CT molecular complexity index is 426. The highest BCUT2D eigenvalue weighted by Crippen LogP contribution is 2.08. The third kappa shape index (κ3) is 3.44. The summed E-state index contributed by atoms with van der Waals surface area (Å²) in [6.45, 7) is 1.74. The number of nitrogens with zero attached hydrogens (tertiary/aromatic N) is 2. The summed E-state index contributed by atoms with van der Waals surface area (Å²) in [7, 11) is 2.87. The van der Waals surface area contributed by atoms with Crippen LogP contribution >= 0.6 is 0 Å². The van der Waals surface area contributed by atoms with Crippen molar-refractivity contribution >= 4 is 11.9 Å². The Balaban J connectivity index is 2.84. The van der Waals surface area contributed by atoms with E-state index in [0.29, 0.717) is 6.42 Å². The van der Waals surface area contributed by atoms with Gasteiger partial charge >= 0.3 is 5.97 Å². The molecule has 1 N–H and O–H groups in total. The lowest BCUT2D eigenvalue weighted by Gasteiger charge is -2.24. The minimum Gasteiger partial charge on any atom is -0.467 e. The number of carbonyl (C=O) groups is 2. The second-order valence-electron chi connectivity index (χ2n) is 3.77. The fraction of sp³-hybridized carbons (Fsp3) is 0.417. The summed E-state index contributed by atoms with van der Waals surface area (Å²) in [5.41, 5.74) is 0.769. The van der Waals surface area contributed by atoms with Crippen LogP contribution in [0.4, 0.5) is 0 Å². The molecular weight excluding hydrogens is 234 g/mol. The lowest BCUT2D eigenvalue weighted by atomic mass is 10.1. The van der Waals surface area contributed by atoms with E-state index in [1.54, 1.807) is 26.2 Å². The molecule has 1 amide bonds. The third-order valence-corrected chi connectivity index (χ3v) is 2.57. The topological polar surface area (TPSA) is 75.3 Å². The second-order valence-corrected chi connectivity index (χ2v) is 3.77. The van der Waals surface area contributed by atoms with Gasteiger partial charge in [0.25, 0.3) is 0 Å². The van der Waals surface area contributed by atoms with Crippen molar-refractivity contribution in [3.8, 4) is 0 Å². The molecule has 98 valence electrons. The number of imidazole rings is 1. The van der Waals surface area contributed by atoms with Crippen LogP contribution in [0.15, 0.2) is 24.7 Å². The first-order valence-corrected chi connectivity index (χ1v) is 5.54. The van der Waals surface area contributed by atoms with E-state index in [-0.39, 0.29) is 5.91 Å². The molecule has 0 saturated carbocycles. The maximum absolute atomic E-state index is 11.7. The van der Waals surface area contributed by atoms with Gasteiger partial charge in [-0.1, -0.05) is 6.08 Å². The van der Waals surface area contributed by atoms with Crippen molar-refractivity contribution in [3.63, 3.8) is 0 Å². The van der Waals surface area contributed by atoms with E-state index >= 15 is 0 Å². The molecule has 0 spiro atoms. The first-order valence-electron chi connectivity index (χ1n) is 5.54. The van der Waals surface area contributed by atoms with Gasteiger partial charge in [0, 0.05) is 25.4 Å². The Morgan fingerprint density at radius 2 is 2.33 bits per heavy atom. The normalized spacial score (nSPS) is 12.4. The van der Waals surface area contributed by atoms with Crippen LogP contribution in [0.1, 0.15) is 12.6 Å². The van der Waals surface area contributed by atoms with Crippen molar-refractivity contribution < 1.29 is 14.3 Å². The molecule has 0 aliphatic heterocycles. The number of nitrogens with one attached hydrogen (secondary N) is 1. The molecule has 0 bridgehead atoms. The zero-order valence-electron chi connectivity index (χ0n) is 10.7. The monoisotopic (exact) mass is 251 g/mol. The van der Waals surface area contributed by atoms with E-state index in [1.165, 1.54) is 24.4 Å². The molecule has 18 heavy (non-hydrogen) atoms. The number of likely N-dealkylation sites (N-methyl/N-ethyl adjacent to an activating group) is 1. The number of hydrogen-bond donors (Lipinski definition) is 1. The highest BCUT2D eigenvalue weighted by Gasteiger charge is 2.27. The van der Waals surface area contributed by atoms with Gasteiger partial charge in [0.1, 0.15) is 6.04 Å². The minimum absolute atomic E-state index is 0.243. The van der Waals surface area contributed by atoms with Crippen LogP contribution < -0.4 is 0 Å². The second kappa shape index (κ2) is 6.58. The van der Waals surface area contributed by atoms with Crippen molar-refractivity contribution in [3.05, 3.63) is 30.4 Å². The molecule has 6 nitrogen and oxygen atoms in total. The van der Waals surface area contributed by atoms with E-state index in [1.807, 2.05) is 0 Å². The number of H-pyrrole nitrogens is 1. The Kier molecular flexibility index (Phi) is 5.10. The predicted octanol–water partition coefficient (Wildman–Crippen LogP) is 0.528. The molecule has 1 atom stereocenters. The Morgan fingerprint density at radius 3 is 2.83 bits per heavy atom. The number of hydrogen-bond acceptors (Lipinski definition) is 4. The van der Waals surface area contributed by atoms with Crippen LogP contribution in [0.3, 0.4) is 0 Å². The molecule has 0 radical (unpaired) electrons. The average molecular weight is 251 g/mol. The fourth-order valence-corrected chi connectivity index (χ4v) is 1.53. The molecule has 0 fully saturated rings. The minimum atomic E-state index is -0.667. The molecule has 1 heterocycles. The van der Waals surface area contributed by atoms with Crippen LogP contribution in [0.5, 0.6) is 0 Å². The summed E-state index contributed by atoms with van der Waals surface area (Å²) >= 11 is 0. The average Bonchev–Trinajstić information content (AvgIpc) is 2.87. The van der Waals surface area contributed by atoms with Crippen LogP contribution in [0, 0.1) is 0 Å². The standard InChI is InChI=1S/C12H17N3O3/c1-4-5-11(16)15(2)10(12(17)18-3)6-9-7-13-8-14-9/h4-5,7-8,10H,6H2,1-3H3,(H,13,14)/t10-/m0/s1. The van der Waals surface area contributed by atoms with Crippen molar-refractivity contribution in [1.29, 1.82) is 0 Å². The molecule has 0 unspecified atom stereocenters. The SMILES string of the molecule is CC=CC(=O)N(C)[C@@H](Cc1cnc[nH]1)C(=O)OC. The predicted molar refractivity (Wildman–Crippen MR) is 65.7 cm³/mol. The van der Waals surface area contributed by atoms with Gasteiger partial charge in [-0.2, -0.15) is 0 Å². The summed E-state index contributed by atoms with van der Waals surface area (Å²) in [6.07, 6.45) is 6.51. The summed E-state index contributed by atoms with van der Waals surface area (Å²) < 4.78 is 4.72. The molecule has 1 rings (SSSR count). The van der Waals surface area contributed by atoms with Crippen LogP contribution in [0.25, 0.3) is 0 Å². The van der Waals surface area contributed by atoms with Crippen LogP contribution in [0.2, 0.25) is 0 Å². The Hall–Kier alpha value is -2.11. The molecule has 6 heteroatoms. The Morgan fingerprint density at radius 1 is 1.61 bits per heavy atom. The quantitative estimate of drug-likeness (QED) is 0.612. The zero-order chi connectivity index (χ0) is 13.5. The first-order chi connectivity index (χ1) is 8.60. The number of ether oxygens (including phenoxy) is 1. The summed E-state index contributed by atoms with van der Waals surface area (Å²) in [6, 6.07) is -0.667. The van der Waals surface area contributed by atoms with Gasteiger partial charge in [-0.25, -0.2) is 9.78 Å². The third-order valence-electron chi connectivity index (χ3n) is 2.57. The molecule has 1 aromatic heterocycles. The molecule has 1 aromatic rings. The summed E-state index contributed by atoms with van der Waals surface area (Å²) in [4.78, 5) is 31.6. The smallest absolute Gasteiger partial charge is 0.328 e. The molecule has 0 aliphatic carbocycles. The van der Waals surface area contributed by atoms with Crippen molar-refractivity contribution in [2.45, 2.75) is 19.4 Å². The number of aromatic amines is 1. The van der Waals surface area contributed by atoms with Crippen LogP contribution in [-0.4, -0.2) is 46.9 Å². The van der Waals surface area contributed by atoms with Gasteiger partial charge < -0.3 is 14.6 Å². The zero-order valence-corrected chi connectivity index (χ0v) is 10.7. The molecule has 0 saturated heterocycles. The van der Waals surface area contributed by atoms with E-state index in [4.69, 9.17) is 4.74 Å². The number of carbonyl (C=O) groups excluding carboxylic acids is 2. The first kappa shape index (κ1) is 14.0.